The normalized spacial score (nSPS) is 11.2. The molecule has 3 rings (SSSR count). The Hall–Kier alpha value is -2.27. The minimum absolute atomic E-state index is 0.168. The number of esters is 1. The molecule has 1 heterocycles. The minimum Gasteiger partial charge on any atom is -0.466 e. The molecule has 0 aliphatic carbocycles. The Kier molecular flexibility index (Phi) is 6.68. The summed E-state index contributed by atoms with van der Waals surface area (Å²) in [5, 5.41) is 0.678. The van der Waals surface area contributed by atoms with Gasteiger partial charge in [0, 0.05) is 12.2 Å². The Bertz CT molecular complexity index is 1020. The fourth-order valence-corrected chi connectivity index (χ4v) is 4.59. The van der Waals surface area contributed by atoms with Gasteiger partial charge in [-0.3, -0.25) is 4.79 Å². The summed E-state index contributed by atoms with van der Waals surface area (Å²) in [6.45, 7) is 13.2. The summed E-state index contributed by atoms with van der Waals surface area (Å²) in [5.41, 5.74) is 10.9. The molecular weight excluding hydrogens is 382 g/mol. The molecule has 0 spiro atoms. The van der Waals surface area contributed by atoms with Crippen molar-refractivity contribution in [2.75, 3.05) is 6.61 Å². The van der Waals surface area contributed by atoms with Gasteiger partial charge in [-0.1, -0.05) is 17.8 Å². The van der Waals surface area contributed by atoms with Crippen molar-refractivity contribution < 1.29 is 13.9 Å². The van der Waals surface area contributed by atoms with E-state index in [-0.39, 0.29) is 5.97 Å². The van der Waals surface area contributed by atoms with E-state index in [4.69, 9.17) is 9.15 Å². The smallest absolute Gasteiger partial charge is 0.306 e. The molecule has 0 saturated carbocycles. The van der Waals surface area contributed by atoms with Gasteiger partial charge in [0.15, 0.2) is 5.58 Å². The van der Waals surface area contributed by atoms with Gasteiger partial charge in [-0.25, -0.2) is 4.98 Å². The molecular formula is C24H29NO3S. The van der Waals surface area contributed by atoms with Gasteiger partial charge in [0.25, 0.3) is 5.22 Å². The van der Waals surface area contributed by atoms with Gasteiger partial charge in [-0.2, -0.15) is 0 Å². The number of hydrogen-bond acceptors (Lipinski definition) is 5. The second kappa shape index (κ2) is 9.04. The molecule has 154 valence electrons. The number of benzene rings is 2. The van der Waals surface area contributed by atoms with Crippen molar-refractivity contribution in [1.82, 2.24) is 4.98 Å². The van der Waals surface area contributed by atoms with Crippen LogP contribution in [0.5, 0.6) is 0 Å². The molecule has 2 aromatic carbocycles. The van der Waals surface area contributed by atoms with Gasteiger partial charge in [-0.15, -0.1) is 0 Å². The molecule has 0 bridgehead atoms. The number of carbonyl (C=O) groups is 1. The van der Waals surface area contributed by atoms with Crippen LogP contribution in [0.2, 0.25) is 0 Å². The van der Waals surface area contributed by atoms with Crippen LogP contribution < -0.4 is 0 Å². The number of ether oxygens (including phenoxy) is 1. The molecule has 3 aromatic rings. The maximum atomic E-state index is 11.6. The van der Waals surface area contributed by atoms with Crippen LogP contribution in [0.25, 0.3) is 11.1 Å². The Morgan fingerprint density at radius 3 is 2.34 bits per heavy atom. The quantitative estimate of drug-likeness (QED) is 0.344. The first-order valence-electron chi connectivity index (χ1n) is 10.1. The first-order valence-corrected chi connectivity index (χ1v) is 11.0. The van der Waals surface area contributed by atoms with E-state index in [2.05, 4.69) is 39.6 Å². The third-order valence-electron chi connectivity index (χ3n) is 5.85. The monoisotopic (exact) mass is 411 g/mol. The molecule has 0 aliphatic heterocycles. The molecule has 0 fully saturated rings. The van der Waals surface area contributed by atoms with E-state index in [0.717, 1.165) is 22.4 Å². The summed E-state index contributed by atoms with van der Waals surface area (Å²) in [7, 11) is 0. The number of aryl methyl sites for hydroxylation is 1. The van der Waals surface area contributed by atoms with Gasteiger partial charge < -0.3 is 9.15 Å². The summed E-state index contributed by atoms with van der Waals surface area (Å²) < 4.78 is 10.9. The van der Waals surface area contributed by atoms with E-state index >= 15 is 0 Å². The Morgan fingerprint density at radius 2 is 1.69 bits per heavy atom. The fourth-order valence-electron chi connectivity index (χ4n) is 3.58. The van der Waals surface area contributed by atoms with Crippen LogP contribution >= 0.6 is 11.8 Å². The molecule has 0 atom stereocenters. The highest BCUT2D eigenvalue weighted by atomic mass is 32.2. The number of oxazole rings is 1. The van der Waals surface area contributed by atoms with Crippen LogP contribution in [0.1, 0.15) is 52.3 Å². The zero-order valence-electron chi connectivity index (χ0n) is 18.1. The maximum Gasteiger partial charge on any atom is 0.306 e. The number of hydrogen-bond donors (Lipinski definition) is 0. The van der Waals surface area contributed by atoms with E-state index in [1.54, 1.807) is 11.8 Å². The average Bonchev–Trinajstić information content (AvgIpc) is 3.11. The predicted molar refractivity (Wildman–Crippen MR) is 119 cm³/mol. The third-order valence-corrected chi connectivity index (χ3v) is 6.71. The van der Waals surface area contributed by atoms with Crippen molar-refractivity contribution >= 4 is 28.8 Å². The van der Waals surface area contributed by atoms with Crippen molar-refractivity contribution in [3.63, 3.8) is 0 Å². The second-order valence-corrected chi connectivity index (χ2v) is 8.41. The highest BCUT2D eigenvalue weighted by molar-refractivity contribution is 7.98. The van der Waals surface area contributed by atoms with Crippen molar-refractivity contribution in [3.8, 4) is 0 Å². The predicted octanol–water partition coefficient (Wildman–Crippen LogP) is 6.16. The summed E-state index contributed by atoms with van der Waals surface area (Å²) in [5.74, 6) is 0.667. The van der Waals surface area contributed by atoms with E-state index in [1.165, 1.54) is 33.4 Å². The van der Waals surface area contributed by atoms with Gasteiger partial charge in [0.2, 0.25) is 0 Å². The number of fused-ring (bicyclic) bond motifs is 1. The lowest BCUT2D eigenvalue weighted by Crippen LogP contribution is -2.05. The van der Waals surface area contributed by atoms with Crippen LogP contribution in [0.4, 0.5) is 0 Å². The number of rotatable bonds is 7. The second-order valence-electron chi connectivity index (χ2n) is 7.48. The van der Waals surface area contributed by atoms with Crippen LogP contribution in [0, 0.1) is 34.6 Å². The SMILES string of the molecule is CCOC(=O)CCc1ccc2oc(SCc3c(C)c(C)c(C)c(C)c3C)nc2c1. The van der Waals surface area contributed by atoms with Gasteiger partial charge in [0.1, 0.15) is 5.52 Å². The number of nitrogens with zero attached hydrogens (tertiary/aromatic N) is 1. The summed E-state index contributed by atoms with van der Waals surface area (Å²) in [6, 6.07) is 5.92. The Balaban J connectivity index is 1.74. The average molecular weight is 412 g/mol. The molecule has 0 saturated heterocycles. The van der Waals surface area contributed by atoms with Gasteiger partial charge in [-0.05, 0) is 99.0 Å². The topological polar surface area (TPSA) is 52.3 Å². The standard InChI is InChI=1S/C24H29NO3S/c1-7-27-23(26)11-9-19-8-10-22-21(12-19)25-24(28-22)29-13-20-17(5)15(3)14(2)16(4)18(20)6/h8,10,12H,7,9,11,13H2,1-6H3. The molecule has 29 heavy (non-hydrogen) atoms. The zero-order chi connectivity index (χ0) is 21.1. The van der Waals surface area contributed by atoms with Crippen LogP contribution in [-0.4, -0.2) is 17.6 Å². The highest BCUT2D eigenvalue weighted by Gasteiger charge is 2.14. The van der Waals surface area contributed by atoms with E-state index in [9.17, 15) is 4.79 Å². The van der Waals surface area contributed by atoms with E-state index in [0.29, 0.717) is 24.7 Å². The Labute approximate surface area is 177 Å². The minimum atomic E-state index is -0.168. The lowest BCUT2D eigenvalue weighted by atomic mass is 9.90. The van der Waals surface area contributed by atoms with Crippen molar-refractivity contribution in [2.24, 2.45) is 0 Å². The maximum absolute atomic E-state index is 11.6. The molecule has 0 unspecified atom stereocenters. The number of aromatic nitrogens is 1. The third kappa shape index (κ3) is 4.67. The highest BCUT2D eigenvalue weighted by Crippen LogP contribution is 2.32. The lowest BCUT2D eigenvalue weighted by Gasteiger charge is -2.18. The molecule has 0 aliphatic rings. The summed E-state index contributed by atoms with van der Waals surface area (Å²) >= 11 is 1.63. The fraction of sp³-hybridized carbons (Fsp3) is 0.417. The van der Waals surface area contributed by atoms with Crippen LogP contribution in [0.3, 0.4) is 0 Å². The first-order chi connectivity index (χ1) is 13.8. The van der Waals surface area contributed by atoms with Crippen molar-refractivity contribution in [2.45, 2.75) is 65.4 Å². The largest absolute Gasteiger partial charge is 0.466 e. The number of carbonyl (C=O) groups excluding carboxylic acids is 1. The van der Waals surface area contributed by atoms with Gasteiger partial charge in [0.05, 0.1) is 6.61 Å². The zero-order valence-corrected chi connectivity index (χ0v) is 19.0. The molecule has 0 N–H and O–H groups in total. The van der Waals surface area contributed by atoms with E-state index < -0.39 is 0 Å². The van der Waals surface area contributed by atoms with E-state index in [1.807, 2.05) is 25.1 Å². The van der Waals surface area contributed by atoms with Crippen molar-refractivity contribution in [3.05, 3.63) is 57.1 Å². The Morgan fingerprint density at radius 1 is 1.03 bits per heavy atom. The first kappa shape index (κ1) is 21.4. The molecule has 5 heteroatoms. The summed E-state index contributed by atoms with van der Waals surface area (Å²) in [6.07, 6.45) is 1.02. The molecule has 0 radical (unpaired) electrons. The molecule has 1 aromatic heterocycles. The van der Waals surface area contributed by atoms with Gasteiger partial charge >= 0.3 is 5.97 Å². The molecule has 4 nitrogen and oxygen atoms in total. The lowest BCUT2D eigenvalue weighted by molar-refractivity contribution is -0.143. The molecule has 0 amide bonds. The van der Waals surface area contributed by atoms with Crippen LogP contribution in [-0.2, 0) is 21.7 Å². The summed E-state index contributed by atoms with van der Waals surface area (Å²) in [4.78, 5) is 16.2. The number of thioether (sulfide) groups is 1. The van der Waals surface area contributed by atoms with Crippen LogP contribution in [0.15, 0.2) is 27.8 Å². The van der Waals surface area contributed by atoms with Crippen molar-refractivity contribution in [1.29, 1.82) is 0 Å².